The van der Waals surface area contributed by atoms with Gasteiger partial charge in [-0.3, -0.25) is 14.4 Å². The second kappa shape index (κ2) is 9.09. The SMILES string of the molecule is O=C1COc2ccc(C(=O)COC(=O)C3CCN(S(=O)(=O)c4ccccc4)CC3)cc2N1. The summed E-state index contributed by atoms with van der Waals surface area (Å²) in [6.07, 6.45) is 0.641. The number of esters is 1. The Kier molecular flexibility index (Phi) is 6.24. The lowest BCUT2D eigenvalue weighted by atomic mass is 9.98. The molecule has 0 atom stereocenters. The van der Waals surface area contributed by atoms with Gasteiger partial charge in [0.25, 0.3) is 5.91 Å². The molecule has 168 valence electrons. The first-order chi connectivity index (χ1) is 15.3. The number of fused-ring (bicyclic) bond motifs is 1. The van der Waals surface area contributed by atoms with Gasteiger partial charge in [0.1, 0.15) is 5.75 Å². The summed E-state index contributed by atoms with van der Waals surface area (Å²) < 4.78 is 37.2. The van der Waals surface area contributed by atoms with Crippen molar-refractivity contribution in [1.29, 1.82) is 0 Å². The lowest BCUT2D eigenvalue weighted by Gasteiger charge is -2.30. The van der Waals surface area contributed by atoms with Gasteiger partial charge in [-0.15, -0.1) is 0 Å². The van der Waals surface area contributed by atoms with E-state index in [1.165, 1.54) is 10.4 Å². The molecule has 0 saturated carbocycles. The van der Waals surface area contributed by atoms with Crippen LogP contribution in [-0.4, -0.2) is 56.7 Å². The molecule has 1 fully saturated rings. The number of Topliss-reactive ketones (excluding diaryl/α,β-unsaturated/α-hetero) is 1. The van der Waals surface area contributed by atoms with Gasteiger partial charge >= 0.3 is 5.97 Å². The number of piperidine rings is 1. The molecule has 0 aliphatic carbocycles. The number of carbonyl (C=O) groups is 3. The van der Waals surface area contributed by atoms with Crippen LogP contribution in [0.25, 0.3) is 0 Å². The topological polar surface area (TPSA) is 119 Å². The second-order valence-electron chi connectivity index (χ2n) is 7.57. The highest BCUT2D eigenvalue weighted by atomic mass is 32.2. The van der Waals surface area contributed by atoms with Gasteiger partial charge in [0.05, 0.1) is 16.5 Å². The van der Waals surface area contributed by atoms with Gasteiger partial charge in [-0.25, -0.2) is 8.42 Å². The molecule has 2 aromatic carbocycles. The van der Waals surface area contributed by atoms with Crippen LogP contribution in [0.1, 0.15) is 23.2 Å². The van der Waals surface area contributed by atoms with Gasteiger partial charge in [0.2, 0.25) is 10.0 Å². The van der Waals surface area contributed by atoms with Crippen LogP contribution >= 0.6 is 0 Å². The van der Waals surface area contributed by atoms with Gasteiger partial charge < -0.3 is 14.8 Å². The lowest BCUT2D eigenvalue weighted by molar-refractivity contribution is -0.148. The lowest BCUT2D eigenvalue weighted by Crippen LogP contribution is -2.40. The first kappa shape index (κ1) is 22.0. The van der Waals surface area contributed by atoms with Crippen molar-refractivity contribution in [2.75, 3.05) is 31.6 Å². The Morgan fingerprint density at radius 2 is 1.81 bits per heavy atom. The third kappa shape index (κ3) is 4.66. The van der Waals surface area contributed by atoms with E-state index < -0.39 is 34.3 Å². The number of nitrogens with one attached hydrogen (secondary N) is 1. The number of nitrogens with zero attached hydrogens (tertiary/aromatic N) is 1. The molecular formula is C22H22N2O7S. The molecule has 0 bridgehead atoms. The molecule has 10 heteroatoms. The molecule has 1 saturated heterocycles. The van der Waals surface area contributed by atoms with Crippen LogP contribution < -0.4 is 10.1 Å². The number of ketones is 1. The fraction of sp³-hybridized carbons (Fsp3) is 0.318. The molecule has 0 unspecified atom stereocenters. The maximum atomic E-state index is 12.7. The molecule has 0 aromatic heterocycles. The van der Waals surface area contributed by atoms with E-state index in [4.69, 9.17) is 9.47 Å². The number of anilines is 1. The van der Waals surface area contributed by atoms with Crippen molar-refractivity contribution < 1.29 is 32.3 Å². The first-order valence-electron chi connectivity index (χ1n) is 10.2. The van der Waals surface area contributed by atoms with E-state index in [2.05, 4.69) is 5.32 Å². The van der Waals surface area contributed by atoms with Crippen LogP contribution in [0.15, 0.2) is 53.4 Å². The van der Waals surface area contributed by atoms with Crippen LogP contribution in [0.5, 0.6) is 5.75 Å². The van der Waals surface area contributed by atoms with Crippen LogP contribution in [0.2, 0.25) is 0 Å². The fourth-order valence-corrected chi connectivity index (χ4v) is 5.16. The molecule has 1 amide bonds. The van der Waals surface area contributed by atoms with Crippen molar-refractivity contribution in [2.45, 2.75) is 17.7 Å². The molecule has 32 heavy (non-hydrogen) atoms. The Bertz CT molecular complexity index is 1140. The summed E-state index contributed by atoms with van der Waals surface area (Å²) in [5, 5.41) is 2.62. The van der Waals surface area contributed by atoms with Crippen molar-refractivity contribution >= 4 is 33.4 Å². The predicted octanol–water partition coefficient (Wildman–Crippen LogP) is 1.84. The first-order valence-corrected chi connectivity index (χ1v) is 11.6. The van der Waals surface area contributed by atoms with Crippen molar-refractivity contribution in [3.8, 4) is 5.75 Å². The van der Waals surface area contributed by atoms with E-state index in [1.54, 1.807) is 42.5 Å². The summed E-state index contributed by atoms with van der Waals surface area (Å²) in [6.45, 7) is -0.108. The van der Waals surface area contributed by atoms with Crippen molar-refractivity contribution in [2.24, 2.45) is 5.92 Å². The summed E-state index contributed by atoms with van der Waals surface area (Å²) in [7, 11) is -3.60. The minimum Gasteiger partial charge on any atom is -0.482 e. The monoisotopic (exact) mass is 458 g/mol. The summed E-state index contributed by atoms with van der Waals surface area (Å²) >= 11 is 0. The van der Waals surface area contributed by atoms with Gasteiger partial charge in [-0.2, -0.15) is 4.31 Å². The molecule has 1 N–H and O–H groups in total. The Morgan fingerprint density at radius 1 is 1.09 bits per heavy atom. The predicted molar refractivity (Wildman–Crippen MR) is 114 cm³/mol. The highest BCUT2D eigenvalue weighted by molar-refractivity contribution is 7.89. The van der Waals surface area contributed by atoms with E-state index in [-0.39, 0.29) is 36.1 Å². The van der Waals surface area contributed by atoms with Crippen LogP contribution in [0, 0.1) is 5.92 Å². The largest absolute Gasteiger partial charge is 0.482 e. The molecule has 0 spiro atoms. The number of amides is 1. The molecule has 4 rings (SSSR count). The van der Waals surface area contributed by atoms with Crippen molar-refractivity contribution in [1.82, 2.24) is 4.31 Å². The van der Waals surface area contributed by atoms with Gasteiger partial charge in [-0.1, -0.05) is 18.2 Å². The number of rotatable bonds is 6. The molecular weight excluding hydrogens is 436 g/mol. The number of hydrogen-bond acceptors (Lipinski definition) is 7. The van der Waals surface area contributed by atoms with Crippen LogP contribution in [-0.2, 0) is 24.3 Å². The third-order valence-corrected chi connectivity index (χ3v) is 7.36. The van der Waals surface area contributed by atoms with E-state index in [1.807, 2.05) is 0 Å². The van der Waals surface area contributed by atoms with E-state index in [0.29, 0.717) is 24.3 Å². The zero-order valence-corrected chi connectivity index (χ0v) is 18.0. The van der Waals surface area contributed by atoms with Crippen molar-refractivity contribution in [3.63, 3.8) is 0 Å². The maximum Gasteiger partial charge on any atom is 0.309 e. The van der Waals surface area contributed by atoms with E-state index in [0.717, 1.165) is 0 Å². The minimum atomic E-state index is -3.60. The minimum absolute atomic E-state index is 0.0800. The summed E-state index contributed by atoms with van der Waals surface area (Å²) in [4.78, 5) is 36.5. The Balaban J connectivity index is 1.30. The zero-order valence-electron chi connectivity index (χ0n) is 17.2. The highest BCUT2D eigenvalue weighted by Gasteiger charge is 2.33. The molecule has 0 radical (unpaired) electrons. The molecule has 2 aromatic rings. The number of ether oxygens (including phenoxy) is 2. The molecule has 2 aliphatic rings. The van der Waals surface area contributed by atoms with E-state index >= 15 is 0 Å². The third-order valence-electron chi connectivity index (χ3n) is 5.45. The summed E-state index contributed by atoms with van der Waals surface area (Å²) in [5.74, 6) is -1.25. The summed E-state index contributed by atoms with van der Waals surface area (Å²) in [6, 6.07) is 12.8. The normalized spacial score (nSPS) is 17.1. The smallest absolute Gasteiger partial charge is 0.309 e. The molecule has 2 heterocycles. The number of carbonyl (C=O) groups excluding carboxylic acids is 3. The van der Waals surface area contributed by atoms with Crippen LogP contribution in [0.3, 0.4) is 0 Å². The zero-order chi connectivity index (χ0) is 22.7. The summed E-state index contributed by atoms with van der Waals surface area (Å²) in [5.41, 5.74) is 0.677. The number of benzene rings is 2. The second-order valence-corrected chi connectivity index (χ2v) is 9.51. The molecule has 9 nitrogen and oxygen atoms in total. The number of sulfonamides is 1. The Labute approximate surface area is 185 Å². The van der Waals surface area contributed by atoms with Crippen LogP contribution in [0.4, 0.5) is 5.69 Å². The fourth-order valence-electron chi connectivity index (χ4n) is 3.67. The average molecular weight is 458 g/mol. The average Bonchev–Trinajstić information content (AvgIpc) is 2.82. The standard InChI is InChI=1S/C22H22N2O7S/c25-19(16-6-7-20-18(12-16)23-21(26)14-30-20)13-31-22(27)15-8-10-24(11-9-15)32(28,29)17-4-2-1-3-5-17/h1-7,12,15H,8-11,13-14H2,(H,23,26). The van der Waals surface area contributed by atoms with Gasteiger partial charge in [0, 0.05) is 18.7 Å². The van der Waals surface area contributed by atoms with E-state index in [9.17, 15) is 22.8 Å². The number of hydrogen-bond donors (Lipinski definition) is 1. The highest BCUT2D eigenvalue weighted by Crippen LogP contribution is 2.29. The van der Waals surface area contributed by atoms with Crippen molar-refractivity contribution in [3.05, 3.63) is 54.1 Å². The maximum absolute atomic E-state index is 12.7. The molecule has 2 aliphatic heterocycles. The Morgan fingerprint density at radius 3 is 2.53 bits per heavy atom. The quantitative estimate of drug-likeness (QED) is 0.518. The van der Waals surface area contributed by atoms with Gasteiger partial charge in [-0.05, 0) is 43.2 Å². The van der Waals surface area contributed by atoms with Gasteiger partial charge in [0.15, 0.2) is 19.0 Å². The Hall–Kier alpha value is -3.24.